The Labute approximate surface area is 153 Å². The van der Waals surface area contributed by atoms with Crippen LogP contribution in [0.2, 0.25) is 15.1 Å². The number of carbonyl (C=O) groups excluding carboxylic acids is 1. The van der Waals surface area contributed by atoms with Crippen LogP contribution in [0.25, 0.3) is 0 Å². The second-order valence-corrected chi connectivity index (χ2v) is 7.41. The van der Waals surface area contributed by atoms with E-state index >= 15 is 0 Å². The minimum absolute atomic E-state index is 0.145. The van der Waals surface area contributed by atoms with Gasteiger partial charge in [0.25, 0.3) is 0 Å². The molecule has 120 valence electrons. The molecule has 23 heavy (non-hydrogen) atoms. The summed E-state index contributed by atoms with van der Waals surface area (Å²) in [6.07, 6.45) is 0. The molecule has 1 unspecified atom stereocenters. The van der Waals surface area contributed by atoms with Crippen molar-refractivity contribution in [1.82, 2.24) is 4.90 Å². The summed E-state index contributed by atoms with van der Waals surface area (Å²) in [6, 6.07) is 12.3. The first-order chi connectivity index (χ1) is 11.1. The maximum absolute atomic E-state index is 12.6. The van der Waals surface area contributed by atoms with E-state index in [1.54, 1.807) is 47.0 Å². The van der Waals surface area contributed by atoms with Crippen molar-refractivity contribution < 1.29 is 4.79 Å². The van der Waals surface area contributed by atoms with Gasteiger partial charge in [-0.2, -0.15) is 0 Å². The lowest BCUT2D eigenvalue weighted by molar-refractivity contribution is 0.214. The molecule has 0 bridgehead atoms. The summed E-state index contributed by atoms with van der Waals surface area (Å²) in [5.41, 5.74) is 1.56. The smallest absolute Gasteiger partial charge is 0.308 e. The fourth-order valence-electron chi connectivity index (χ4n) is 2.38. The zero-order valence-corrected chi connectivity index (χ0v) is 15.0. The van der Waals surface area contributed by atoms with Gasteiger partial charge in [0.2, 0.25) is 0 Å². The molecule has 1 N–H and O–H groups in total. The second-order valence-electron chi connectivity index (χ2n) is 5.00. The molecule has 0 spiro atoms. The lowest BCUT2D eigenvalue weighted by atomic mass is 10.2. The van der Waals surface area contributed by atoms with E-state index in [9.17, 15) is 4.79 Å². The number of hydrogen-bond acceptors (Lipinski definition) is 2. The van der Waals surface area contributed by atoms with Crippen molar-refractivity contribution in [2.45, 2.75) is 5.37 Å². The van der Waals surface area contributed by atoms with Gasteiger partial charge in [0.15, 0.2) is 0 Å². The van der Waals surface area contributed by atoms with E-state index in [2.05, 4.69) is 5.32 Å². The summed E-state index contributed by atoms with van der Waals surface area (Å²) in [5.74, 6) is 0.849. The minimum Gasteiger partial charge on any atom is -0.308 e. The van der Waals surface area contributed by atoms with Gasteiger partial charge in [-0.05, 0) is 30.3 Å². The number of amides is 2. The third-order valence-electron chi connectivity index (χ3n) is 3.49. The Morgan fingerprint density at radius 3 is 2.61 bits per heavy atom. The third kappa shape index (κ3) is 3.72. The van der Waals surface area contributed by atoms with Crippen LogP contribution in [0, 0.1) is 0 Å². The molecule has 2 aromatic rings. The monoisotopic (exact) mass is 386 g/mol. The maximum Gasteiger partial charge on any atom is 0.323 e. The zero-order valence-electron chi connectivity index (χ0n) is 11.9. The van der Waals surface area contributed by atoms with Gasteiger partial charge in [-0.25, -0.2) is 4.79 Å². The fourth-order valence-corrected chi connectivity index (χ4v) is 4.26. The number of urea groups is 1. The third-order valence-corrected chi connectivity index (χ3v) is 5.82. The molecule has 1 heterocycles. The van der Waals surface area contributed by atoms with E-state index < -0.39 is 0 Å². The number of thioether (sulfide) groups is 1. The predicted octanol–water partition coefficient (Wildman–Crippen LogP) is 5.93. The molecule has 3 rings (SSSR count). The molecule has 0 saturated carbocycles. The lowest BCUT2D eigenvalue weighted by Crippen LogP contribution is -2.34. The molecule has 7 heteroatoms. The van der Waals surface area contributed by atoms with Crippen LogP contribution in [0.15, 0.2) is 42.5 Å². The quantitative estimate of drug-likeness (QED) is 0.693. The molecule has 1 saturated heterocycles. The van der Waals surface area contributed by atoms with Crippen LogP contribution in [0.4, 0.5) is 10.5 Å². The summed E-state index contributed by atoms with van der Waals surface area (Å²) >= 11 is 19.9. The highest BCUT2D eigenvalue weighted by atomic mass is 35.5. The fraction of sp³-hybridized carbons (Fsp3) is 0.188. The molecule has 0 aromatic heterocycles. The van der Waals surface area contributed by atoms with Crippen LogP contribution < -0.4 is 5.32 Å². The Balaban J connectivity index is 1.79. The van der Waals surface area contributed by atoms with Gasteiger partial charge in [0.05, 0.1) is 10.0 Å². The predicted molar refractivity (Wildman–Crippen MR) is 98.8 cm³/mol. The van der Waals surface area contributed by atoms with Crippen LogP contribution in [0.3, 0.4) is 0 Å². The van der Waals surface area contributed by atoms with Crippen molar-refractivity contribution >= 4 is 58.3 Å². The summed E-state index contributed by atoms with van der Waals surface area (Å²) in [5, 5.41) is 4.36. The van der Waals surface area contributed by atoms with E-state index in [-0.39, 0.29) is 11.4 Å². The average molecular weight is 388 g/mol. The second kappa shape index (κ2) is 7.22. The molecule has 3 nitrogen and oxygen atoms in total. The van der Waals surface area contributed by atoms with Gasteiger partial charge in [-0.1, -0.05) is 46.9 Å². The Kier molecular flexibility index (Phi) is 5.27. The van der Waals surface area contributed by atoms with Crippen molar-refractivity contribution in [3.8, 4) is 0 Å². The SMILES string of the molecule is O=C(Nc1ccc(Cl)cc1)N1CCSC1c1cccc(Cl)c1Cl. The molecule has 1 aliphatic heterocycles. The number of hydrogen-bond donors (Lipinski definition) is 1. The number of carbonyl (C=O) groups is 1. The van der Waals surface area contributed by atoms with E-state index in [0.29, 0.717) is 27.3 Å². The van der Waals surface area contributed by atoms with Gasteiger partial charge in [-0.15, -0.1) is 11.8 Å². The van der Waals surface area contributed by atoms with Crippen LogP contribution in [0.1, 0.15) is 10.9 Å². The van der Waals surface area contributed by atoms with Crippen LogP contribution in [-0.2, 0) is 0 Å². The van der Waals surface area contributed by atoms with Crippen LogP contribution in [-0.4, -0.2) is 23.2 Å². The first kappa shape index (κ1) is 16.8. The standard InChI is InChI=1S/C16H13Cl3N2OS/c17-10-4-6-11(7-5-10)20-16(22)21-8-9-23-15(21)12-2-1-3-13(18)14(12)19/h1-7,15H,8-9H2,(H,20,22). The van der Waals surface area contributed by atoms with Gasteiger partial charge < -0.3 is 10.2 Å². The molecule has 2 amide bonds. The van der Waals surface area contributed by atoms with Crippen LogP contribution >= 0.6 is 46.6 Å². The highest BCUT2D eigenvalue weighted by molar-refractivity contribution is 7.99. The molecule has 1 aliphatic rings. The van der Waals surface area contributed by atoms with Gasteiger partial charge in [0, 0.05) is 28.6 Å². The first-order valence-electron chi connectivity index (χ1n) is 6.95. The molecular formula is C16H13Cl3N2OS. The Morgan fingerprint density at radius 1 is 1.13 bits per heavy atom. The number of anilines is 1. The first-order valence-corrected chi connectivity index (χ1v) is 9.13. The molecule has 2 aromatic carbocycles. The van der Waals surface area contributed by atoms with Crippen molar-refractivity contribution in [2.24, 2.45) is 0 Å². The van der Waals surface area contributed by atoms with E-state index in [0.717, 1.165) is 11.3 Å². The van der Waals surface area contributed by atoms with E-state index in [1.807, 2.05) is 12.1 Å². The lowest BCUT2D eigenvalue weighted by Gasteiger charge is -2.25. The maximum atomic E-state index is 12.6. The molecule has 1 atom stereocenters. The van der Waals surface area contributed by atoms with E-state index in [1.165, 1.54) is 0 Å². The summed E-state index contributed by atoms with van der Waals surface area (Å²) in [6.45, 7) is 0.650. The van der Waals surface area contributed by atoms with Crippen molar-refractivity contribution in [2.75, 3.05) is 17.6 Å². The molecule has 0 radical (unpaired) electrons. The number of rotatable bonds is 2. The van der Waals surface area contributed by atoms with Gasteiger partial charge >= 0.3 is 6.03 Å². The Morgan fingerprint density at radius 2 is 1.87 bits per heavy atom. The Bertz CT molecular complexity index is 724. The number of halogens is 3. The molecule has 0 aliphatic carbocycles. The highest BCUT2D eigenvalue weighted by Crippen LogP contribution is 2.42. The zero-order chi connectivity index (χ0) is 16.4. The van der Waals surface area contributed by atoms with E-state index in [4.69, 9.17) is 34.8 Å². The van der Waals surface area contributed by atoms with Crippen LogP contribution in [0.5, 0.6) is 0 Å². The van der Waals surface area contributed by atoms with Gasteiger partial charge in [0.1, 0.15) is 5.37 Å². The molecular weight excluding hydrogens is 375 g/mol. The summed E-state index contributed by atoms with van der Waals surface area (Å²) in [7, 11) is 0. The average Bonchev–Trinajstić information content (AvgIpc) is 3.02. The van der Waals surface area contributed by atoms with Gasteiger partial charge in [-0.3, -0.25) is 0 Å². The van der Waals surface area contributed by atoms with Crippen molar-refractivity contribution in [3.63, 3.8) is 0 Å². The minimum atomic E-state index is -0.168. The number of benzene rings is 2. The normalized spacial score (nSPS) is 17.3. The van der Waals surface area contributed by atoms with Crippen molar-refractivity contribution in [3.05, 3.63) is 63.1 Å². The summed E-state index contributed by atoms with van der Waals surface area (Å²) < 4.78 is 0. The molecule has 1 fully saturated rings. The number of nitrogens with one attached hydrogen (secondary N) is 1. The largest absolute Gasteiger partial charge is 0.323 e. The topological polar surface area (TPSA) is 32.3 Å². The highest BCUT2D eigenvalue weighted by Gasteiger charge is 2.32. The summed E-state index contributed by atoms with van der Waals surface area (Å²) in [4.78, 5) is 14.3. The van der Waals surface area contributed by atoms with Crippen molar-refractivity contribution in [1.29, 1.82) is 0 Å². The number of nitrogens with zero attached hydrogens (tertiary/aromatic N) is 1. The Hall–Kier alpha value is -1.07.